The molecule has 1 aliphatic rings. The van der Waals surface area contributed by atoms with Gasteiger partial charge < -0.3 is 15.4 Å². The van der Waals surface area contributed by atoms with E-state index in [0.717, 1.165) is 27.2 Å². The van der Waals surface area contributed by atoms with Crippen LogP contribution in [0.3, 0.4) is 0 Å². The molecule has 2 amide bonds. The van der Waals surface area contributed by atoms with E-state index in [1.165, 1.54) is 0 Å². The van der Waals surface area contributed by atoms with Gasteiger partial charge in [0.25, 0.3) is 11.8 Å². The number of rotatable bonds is 5. The summed E-state index contributed by atoms with van der Waals surface area (Å²) in [6.45, 7) is 0.606. The lowest BCUT2D eigenvalue weighted by molar-refractivity contribution is -0.124. The minimum absolute atomic E-state index is 0.179. The summed E-state index contributed by atoms with van der Waals surface area (Å²) >= 11 is 1.59. The molecule has 3 aromatic carbocycles. The maximum absolute atomic E-state index is 13.0. The number of carbonyl (C=O) groups is 2. The number of thiazole rings is 1. The molecule has 1 fully saturated rings. The third-order valence-corrected chi connectivity index (χ3v) is 6.38. The topological polar surface area (TPSA) is 80.3 Å². The number of hydrogen-bond acceptors (Lipinski definition) is 5. The Morgan fingerprint density at radius 2 is 1.81 bits per heavy atom. The van der Waals surface area contributed by atoms with Gasteiger partial charge in [0.05, 0.1) is 15.9 Å². The van der Waals surface area contributed by atoms with Crippen molar-refractivity contribution in [3.05, 3.63) is 78.4 Å². The second-order valence-electron chi connectivity index (χ2n) is 7.56. The van der Waals surface area contributed by atoms with Crippen molar-refractivity contribution in [1.29, 1.82) is 0 Å². The van der Waals surface area contributed by atoms with Crippen LogP contribution in [-0.2, 0) is 9.53 Å². The fourth-order valence-electron chi connectivity index (χ4n) is 3.71. The number of anilines is 2. The number of para-hydroxylation sites is 2. The number of hydrogen-bond donors (Lipinski definition) is 2. The molecule has 6 nitrogen and oxygen atoms in total. The fraction of sp³-hybridized carbons (Fsp3) is 0.160. The van der Waals surface area contributed by atoms with Gasteiger partial charge in [0.2, 0.25) is 0 Å². The van der Waals surface area contributed by atoms with Gasteiger partial charge in [-0.2, -0.15) is 0 Å². The SMILES string of the molecule is O=C(Nc1ccccc1-c1nc2ccccc2s1)c1cccc(NC(=O)[C@H]2CCCO2)c1. The third-order valence-electron chi connectivity index (χ3n) is 5.31. The Balaban J connectivity index is 1.36. The minimum atomic E-state index is -0.423. The molecule has 0 unspecified atom stereocenters. The van der Waals surface area contributed by atoms with Crippen LogP contribution >= 0.6 is 11.3 Å². The van der Waals surface area contributed by atoms with Crippen molar-refractivity contribution >= 4 is 44.7 Å². The molecule has 160 valence electrons. The summed E-state index contributed by atoms with van der Waals surface area (Å²) in [6, 6.07) is 22.5. The molecule has 2 N–H and O–H groups in total. The Morgan fingerprint density at radius 3 is 2.66 bits per heavy atom. The van der Waals surface area contributed by atoms with E-state index in [2.05, 4.69) is 10.6 Å². The maximum Gasteiger partial charge on any atom is 0.255 e. The van der Waals surface area contributed by atoms with Gasteiger partial charge in [-0.1, -0.05) is 30.3 Å². The molecule has 1 atom stereocenters. The largest absolute Gasteiger partial charge is 0.368 e. The fourth-order valence-corrected chi connectivity index (χ4v) is 4.71. The monoisotopic (exact) mass is 443 g/mol. The second kappa shape index (κ2) is 8.90. The number of fused-ring (bicyclic) bond motifs is 1. The van der Waals surface area contributed by atoms with Gasteiger partial charge in [-0.3, -0.25) is 9.59 Å². The molecule has 1 saturated heterocycles. The van der Waals surface area contributed by atoms with Gasteiger partial charge in [0.15, 0.2) is 0 Å². The van der Waals surface area contributed by atoms with Crippen LogP contribution in [-0.4, -0.2) is 29.5 Å². The zero-order valence-electron chi connectivity index (χ0n) is 17.2. The summed E-state index contributed by atoms with van der Waals surface area (Å²) in [5, 5.41) is 6.69. The van der Waals surface area contributed by atoms with Crippen LogP contribution < -0.4 is 10.6 Å². The molecule has 5 rings (SSSR count). The van der Waals surface area contributed by atoms with E-state index in [-0.39, 0.29) is 11.8 Å². The van der Waals surface area contributed by atoms with Crippen molar-refractivity contribution < 1.29 is 14.3 Å². The van der Waals surface area contributed by atoms with Crippen LogP contribution in [0.25, 0.3) is 20.8 Å². The third kappa shape index (κ3) is 4.26. The Labute approximate surface area is 189 Å². The predicted molar refractivity (Wildman–Crippen MR) is 127 cm³/mol. The van der Waals surface area contributed by atoms with Crippen molar-refractivity contribution in [2.75, 3.05) is 17.2 Å². The molecule has 0 saturated carbocycles. The highest BCUT2D eigenvalue weighted by atomic mass is 32.1. The summed E-state index contributed by atoms with van der Waals surface area (Å²) in [5.41, 5.74) is 3.51. The van der Waals surface area contributed by atoms with E-state index in [4.69, 9.17) is 9.72 Å². The molecule has 0 aliphatic carbocycles. The Kier molecular flexibility index (Phi) is 5.66. The molecule has 0 spiro atoms. The molecule has 0 radical (unpaired) electrons. The zero-order valence-corrected chi connectivity index (χ0v) is 18.0. The molecule has 32 heavy (non-hydrogen) atoms. The van der Waals surface area contributed by atoms with Crippen LogP contribution in [0, 0.1) is 0 Å². The van der Waals surface area contributed by atoms with E-state index < -0.39 is 6.10 Å². The van der Waals surface area contributed by atoms with Crippen LogP contribution in [0.5, 0.6) is 0 Å². The number of nitrogens with zero attached hydrogens (tertiary/aromatic N) is 1. The van der Waals surface area contributed by atoms with Crippen molar-refractivity contribution in [2.45, 2.75) is 18.9 Å². The summed E-state index contributed by atoms with van der Waals surface area (Å²) in [6.07, 6.45) is 1.18. The number of ether oxygens (including phenoxy) is 1. The summed E-state index contributed by atoms with van der Waals surface area (Å²) in [7, 11) is 0. The number of amides is 2. The van der Waals surface area contributed by atoms with Gasteiger partial charge in [0.1, 0.15) is 11.1 Å². The van der Waals surface area contributed by atoms with Crippen LogP contribution in [0.2, 0.25) is 0 Å². The molecule has 2 heterocycles. The molecule has 4 aromatic rings. The average molecular weight is 444 g/mol. The van der Waals surface area contributed by atoms with Crippen LogP contribution in [0.1, 0.15) is 23.2 Å². The summed E-state index contributed by atoms with van der Waals surface area (Å²) in [4.78, 5) is 30.0. The van der Waals surface area contributed by atoms with Gasteiger partial charge in [0, 0.05) is 23.4 Å². The van der Waals surface area contributed by atoms with Gasteiger partial charge in [-0.05, 0) is 55.3 Å². The quantitative estimate of drug-likeness (QED) is 0.437. The summed E-state index contributed by atoms with van der Waals surface area (Å²) < 4.78 is 6.52. The van der Waals surface area contributed by atoms with Crippen LogP contribution in [0.4, 0.5) is 11.4 Å². The highest BCUT2D eigenvalue weighted by Crippen LogP contribution is 2.34. The van der Waals surface area contributed by atoms with E-state index >= 15 is 0 Å². The van der Waals surface area contributed by atoms with E-state index in [9.17, 15) is 9.59 Å². The summed E-state index contributed by atoms with van der Waals surface area (Å²) in [5.74, 6) is -0.437. The van der Waals surface area contributed by atoms with Crippen molar-refractivity contribution in [3.8, 4) is 10.6 Å². The van der Waals surface area contributed by atoms with Crippen LogP contribution in [0.15, 0.2) is 72.8 Å². The first kappa shape index (κ1) is 20.4. The average Bonchev–Trinajstić information content (AvgIpc) is 3.50. The molecular formula is C25H21N3O3S. The van der Waals surface area contributed by atoms with E-state index in [1.807, 2.05) is 48.5 Å². The normalized spacial score (nSPS) is 15.6. The number of nitrogens with one attached hydrogen (secondary N) is 2. The number of carbonyl (C=O) groups excluding carboxylic acids is 2. The number of benzene rings is 3. The molecule has 0 bridgehead atoms. The van der Waals surface area contributed by atoms with Crippen molar-refractivity contribution in [3.63, 3.8) is 0 Å². The van der Waals surface area contributed by atoms with Gasteiger partial charge >= 0.3 is 0 Å². The Hall–Kier alpha value is -3.55. The highest BCUT2D eigenvalue weighted by Gasteiger charge is 2.23. The molecule has 1 aromatic heterocycles. The lowest BCUT2D eigenvalue weighted by Crippen LogP contribution is -2.27. The van der Waals surface area contributed by atoms with Crippen molar-refractivity contribution in [1.82, 2.24) is 4.98 Å². The maximum atomic E-state index is 13.0. The van der Waals surface area contributed by atoms with Gasteiger partial charge in [-0.15, -0.1) is 11.3 Å². The Bertz CT molecular complexity index is 1260. The highest BCUT2D eigenvalue weighted by molar-refractivity contribution is 7.21. The first-order valence-electron chi connectivity index (χ1n) is 10.5. The first-order chi connectivity index (χ1) is 15.7. The van der Waals surface area contributed by atoms with E-state index in [0.29, 0.717) is 30.0 Å². The number of aromatic nitrogens is 1. The predicted octanol–water partition coefficient (Wildman–Crippen LogP) is 5.33. The van der Waals surface area contributed by atoms with Crippen molar-refractivity contribution in [2.24, 2.45) is 0 Å². The van der Waals surface area contributed by atoms with E-state index in [1.54, 1.807) is 35.6 Å². The molecular weight excluding hydrogens is 422 g/mol. The smallest absolute Gasteiger partial charge is 0.255 e. The molecule has 7 heteroatoms. The molecule has 1 aliphatic heterocycles. The second-order valence-corrected chi connectivity index (χ2v) is 8.59. The lowest BCUT2D eigenvalue weighted by atomic mass is 10.1. The Morgan fingerprint density at radius 1 is 0.969 bits per heavy atom. The lowest BCUT2D eigenvalue weighted by Gasteiger charge is -2.12. The standard InChI is InChI=1S/C25H21N3O3S/c29-23(16-7-5-8-17(15-16)26-24(30)21-12-6-14-31-21)27-19-10-2-1-9-18(19)25-28-20-11-3-4-13-22(20)32-25/h1-5,7-11,13,15,21H,6,12,14H2,(H,26,30)(H,27,29)/t21-/m1/s1. The van der Waals surface area contributed by atoms with Gasteiger partial charge in [-0.25, -0.2) is 4.98 Å². The minimum Gasteiger partial charge on any atom is -0.368 e. The zero-order chi connectivity index (χ0) is 21.9. The first-order valence-corrected chi connectivity index (χ1v) is 11.3.